The Hall–Kier alpha value is -2.21. The fourth-order valence-electron chi connectivity index (χ4n) is 1.58. The fraction of sp³-hybridized carbons (Fsp3) is 0.0769. The summed E-state index contributed by atoms with van der Waals surface area (Å²) in [6.07, 6.45) is 0. The van der Waals surface area contributed by atoms with Gasteiger partial charge < -0.3 is 4.74 Å². The standard InChI is InChI=1S/C13H8ClF2NO3/c14-7-8-5-9(15)1-4-13(8)20-10-2-3-12(17(18)19)11(16)6-10/h1-6H,7H2. The lowest BCUT2D eigenvalue weighted by Crippen LogP contribution is -1.95. The van der Waals surface area contributed by atoms with Crippen LogP contribution in [0.25, 0.3) is 0 Å². The number of hydrogen-bond acceptors (Lipinski definition) is 3. The molecule has 0 saturated carbocycles. The number of nitrogens with zero attached hydrogens (tertiary/aromatic N) is 1. The molecule has 0 radical (unpaired) electrons. The summed E-state index contributed by atoms with van der Waals surface area (Å²) >= 11 is 5.66. The lowest BCUT2D eigenvalue weighted by molar-refractivity contribution is -0.387. The van der Waals surface area contributed by atoms with Gasteiger partial charge in [0.2, 0.25) is 5.82 Å². The summed E-state index contributed by atoms with van der Waals surface area (Å²) < 4.78 is 31.8. The van der Waals surface area contributed by atoms with Crippen LogP contribution in [-0.2, 0) is 5.88 Å². The maximum Gasteiger partial charge on any atom is 0.305 e. The number of nitro benzene ring substituents is 1. The van der Waals surface area contributed by atoms with E-state index in [1.165, 1.54) is 24.3 Å². The van der Waals surface area contributed by atoms with Crippen LogP contribution in [0.5, 0.6) is 11.5 Å². The van der Waals surface area contributed by atoms with Crippen molar-refractivity contribution in [3.8, 4) is 11.5 Å². The van der Waals surface area contributed by atoms with Crippen molar-refractivity contribution in [3.05, 3.63) is 63.7 Å². The summed E-state index contributed by atoms with van der Waals surface area (Å²) in [6.45, 7) is 0. The third-order valence-corrected chi connectivity index (χ3v) is 2.80. The van der Waals surface area contributed by atoms with Crippen molar-refractivity contribution in [2.45, 2.75) is 5.88 Å². The Bertz CT molecular complexity index is 664. The molecule has 20 heavy (non-hydrogen) atoms. The highest BCUT2D eigenvalue weighted by Crippen LogP contribution is 2.29. The number of ether oxygens (including phenoxy) is 1. The van der Waals surface area contributed by atoms with Gasteiger partial charge in [-0.1, -0.05) is 0 Å². The number of hydrogen-bond donors (Lipinski definition) is 0. The zero-order valence-electron chi connectivity index (χ0n) is 9.98. The molecule has 0 atom stereocenters. The Morgan fingerprint density at radius 3 is 2.55 bits per heavy atom. The van der Waals surface area contributed by atoms with E-state index in [-0.39, 0.29) is 17.4 Å². The predicted octanol–water partition coefficient (Wildman–Crippen LogP) is 4.40. The molecule has 2 aromatic carbocycles. The van der Waals surface area contributed by atoms with E-state index in [0.29, 0.717) is 5.56 Å². The van der Waals surface area contributed by atoms with Crippen LogP contribution in [-0.4, -0.2) is 4.92 Å². The van der Waals surface area contributed by atoms with E-state index in [9.17, 15) is 18.9 Å². The zero-order valence-corrected chi connectivity index (χ0v) is 10.7. The number of rotatable bonds is 4. The summed E-state index contributed by atoms with van der Waals surface area (Å²) in [5.41, 5.74) is -0.251. The molecule has 0 saturated heterocycles. The molecular formula is C13H8ClF2NO3. The first-order valence-corrected chi connectivity index (χ1v) is 6.01. The van der Waals surface area contributed by atoms with Crippen LogP contribution in [0, 0.1) is 21.7 Å². The van der Waals surface area contributed by atoms with Gasteiger partial charge in [0, 0.05) is 17.7 Å². The Morgan fingerprint density at radius 2 is 1.95 bits per heavy atom. The van der Waals surface area contributed by atoms with Crippen molar-refractivity contribution >= 4 is 17.3 Å². The molecule has 0 amide bonds. The molecule has 104 valence electrons. The van der Waals surface area contributed by atoms with Crippen LogP contribution in [0.1, 0.15) is 5.56 Å². The number of benzene rings is 2. The molecule has 4 nitrogen and oxygen atoms in total. The molecule has 2 rings (SSSR count). The molecule has 0 bridgehead atoms. The molecule has 0 unspecified atom stereocenters. The summed E-state index contributed by atoms with van der Waals surface area (Å²) in [4.78, 5) is 9.66. The van der Waals surface area contributed by atoms with E-state index in [1.54, 1.807) is 0 Å². The first-order chi connectivity index (χ1) is 9.51. The molecule has 0 aliphatic carbocycles. The topological polar surface area (TPSA) is 52.4 Å². The van der Waals surface area contributed by atoms with Crippen LogP contribution >= 0.6 is 11.6 Å². The minimum Gasteiger partial charge on any atom is -0.457 e. The quantitative estimate of drug-likeness (QED) is 0.477. The van der Waals surface area contributed by atoms with Gasteiger partial charge in [0.15, 0.2) is 0 Å². The summed E-state index contributed by atoms with van der Waals surface area (Å²) in [6, 6.07) is 6.86. The van der Waals surface area contributed by atoms with Crippen LogP contribution < -0.4 is 4.74 Å². The summed E-state index contributed by atoms with van der Waals surface area (Å²) in [7, 11) is 0. The minimum atomic E-state index is -1.01. The van der Waals surface area contributed by atoms with E-state index in [1.807, 2.05) is 0 Å². The average Bonchev–Trinajstić information content (AvgIpc) is 2.40. The molecular weight excluding hydrogens is 292 g/mol. The van der Waals surface area contributed by atoms with Crippen molar-refractivity contribution in [3.63, 3.8) is 0 Å². The SMILES string of the molecule is O=[N+]([O-])c1ccc(Oc2ccc(F)cc2CCl)cc1F. The fourth-order valence-corrected chi connectivity index (χ4v) is 1.79. The molecule has 0 aromatic heterocycles. The third kappa shape index (κ3) is 3.03. The van der Waals surface area contributed by atoms with Gasteiger partial charge in [-0.05, 0) is 24.3 Å². The lowest BCUT2D eigenvalue weighted by atomic mass is 10.2. The molecule has 0 spiro atoms. The lowest BCUT2D eigenvalue weighted by Gasteiger charge is -2.09. The van der Waals surface area contributed by atoms with Gasteiger partial charge in [0.25, 0.3) is 0 Å². The highest BCUT2D eigenvalue weighted by molar-refractivity contribution is 6.17. The van der Waals surface area contributed by atoms with E-state index in [0.717, 1.165) is 12.1 Å². The maximum atomic E-state index is 13.4. The summed E-state index contributed by atoms with van der Waals surface area (Å²) in [5, 5.41) is 10.5. The smallest absolute Gasteiger partial charge is 0.305 e. The molecule has 0 N–H and O–H groups in total. The van der Waals surface area contributed by atoms with Gasteiger partial charge in [0.05, 0.1) is 10.8 Å². The molecule has 0 fully saturated rings. The molecule has 2 aromatic rings. The largest absolute Gasteiger partial charge is 0.457 e. The second-order valence-corrected chi connectivity index (χ2v) is 4.13. The van der Waals surface area contributed by atoms with Crippen molar-refractivity contribution < 1.29 is 18.4 Å². The first kappa shape index (κ1) is 14.2. The second kappa shape index (κ2) is 5.83. The van der Waals surface area contributed by atoms with E-state index >= 15 is 0 Å². The second-order valence-electron chi connectivity index (χ2n) is 3.86. The van der Waals surface area contributed by atoms with Crippen LogP contribution in [0.15, 0.2) is 36.4 Å². The molecule has 0 heterocycles. The first-order valence-electron chi connectivity index (χ1n) is 5.47. The van der Waals surface area contributed by atoms with Crippen molar-refractivity contribution in [2.75, 3.05) is 0 Å². The molecule has 0 aliphatic rings. The van der Waals surface area contributed by atoms with Crippen LogP contribution in [0.2, 0.25) is 0 Å². The normalized spacial score (nSPS) is 10.3. The van der Waals surface area contributed by atoms with E-state index in [4.69, 9.17) is 16.3 Å². The van der Waals surface area contributed by atoms with Crippen LogP contribution in [0.3, 0.4) is 0 Å². The average molecular weight is 300 g/mol. The van der Waals surface area contributed by atoms with Gasteiger partial charge in [-0.3, -0.25) is 10.1 Å². The number of alkyl halides is 1. The van der Waals surface area contributed by atoms with Gasteiger partial charge >= 0.3 is 5.69 Å². The Kier molecular flexibility index (Phi) is 4.14. The third-order valence-electron chi connectivity index (χ3n) is 2.51. The van der Waals surface area contributed by atoms with E-state index < -0.39 is 22.2 Å². The molecule has 7 heteroatoms. The summed E-state index contributed by atoms with van der Waals surface area (Å²) in [5.74, 6) is -1.15. The highest BCUT2D eigenvalue weighted by atomic mass is 35.5. The predicted molar refractivity (Wildman–Crippen MR) is 69.1 cm³/mol. The van der Waals surface area contributed by atoms with Crippen LogP contribution in [0.4, 0.5) is 14.5 Å². The van der Waals surface area contributed by atoms with Gasteiger partial charge in [0.1, 0.15) is 17.3 Å². The Morgan fingerprint density at radius 1 is 1.20 bits per heavy atom. The van der Waals surface area contributed by atoms with Gasteiger partial charge in [-0.15, -0.1) is 11.6 Å². The van der Waals surface area contributed by atoms with Gasteiger partial charge in [-0.25, -0.2) is 4.39 Å². The zero-order chi connectivity index (χ0) is 14.7. The number of nitro groups is 1. The monoisotopic (exact) mass is 299 g/mol. The van der Waals surface area contributed by atoms with E-state index in [2.05, 4.69) is 0 Å². The highest BCUT2D eigenvalue weighted by Gasteiger charge is 2.15. The van der Waals surface area contributed by atoms with Crippen molar-refractivity contribution in [1.82, 2.24) is 0 Å². The van der Waals surface area contributed by atoms with Crippen molar-refractivity contribution in [2.24, 2.45) is 0 Å². The van der Waals surface area contributed by atoms with Gasteiger partial charge in [-0.2, -0.15) is 4.39 Å². The Labute approximate surface area is 117 Å². The molecule has 0 aliphatic heterocycles. The maximum absolute atomic E-state index is 13.4. The Balaban J connectivity index is 2.31. The van der Waals surface area contributed by atoms with Crippen molar-refractivity contribution in [1.29, 1.82) is 0 Å². The number of halogens is 3. The minimum absolute atomic E-state index is 0.0164.